The number of rotatable bonds is 6. The van der Waals surface area contributed by atoms with Gasteiger partial charge in [0.05, 0.1) is 28.7 Å². The molecule has 0 bridgehead atoms. The van der Waals surface area contributed by atoms with E-state index >= 15 is 0 Å². The van der Waals surface area contributed by atoms with Crippen molar-refractivity contribution in [2.24, 2.45) is 0 Å². The molecule has 9 heteroatoms. The zero-order valence-corrected chi connectivity index (χ0v) is 15.5. The summed E-state index contributed by atoms with van der Waals surface area (Å²) >= 11 is 0. The van der Waals surface area contributed by atoms with Crippen molar-refractivity contribution in [1.82, 2.24) is 15.5 Å². The van der Waals surface area contributed by atoms with Crippen LogP contribution in [0.15, 0.2) is 29.2 Å². The molecule has 1 aromatic carbocycles. The van der Waals surface area contributed by atoms with Crippen LogP contribution in [-0.4, -0.2) is 43.8 Å². The summed E-state index contributed by atoms with van der Waals surface area (Å²) in [5, 5.41) is 9.38. The van der Waals surface area contributed by atoms with Gasteiger partial charge in [0.15, 0.2) is 0 Å². The summed E-state index contributed by atoms with van der Waals surface area (Å²) < 4.78 is 33.4. The number of ether oxygens (including phenoxy) is 1. The van der Waals surface area contributed by atoms with Gasteiger partial charge in [0.25, 0.3) is 15.9 Å². The largest absolute Gasteiger partial charge is 0.376 e. The molecule has 1 aliphatic rings. The van der Waals surface area contributed by atoms with Crippen LogP contribution in [0.2, 0.25) is 0 Å². The van der Waals surface area contributed by atoms with E-state index in [1.54, 1.807) is 38.1 Å². The third-order valence-corrected chi connectivity index (χ3v) is 5.89. The molecule has 0 radical (unpaired) electrons. The molecule has 0 spiro atoms. The topological polar surface area (TPSA) is 113 Å². The summed E-state index contributed by atoms with van der Waals surface area (Å²) in [5.41, 5.74) is 1.29. The van der Waals surface area contributed by atoms with Crippen molar-refractivity contribution in [3.63, 3.8) is 0 Å². The van der Waals surface area contributed by atoms with Crippen molar-refractivity contribution < 1.29 is 17.9 Å². The van der Waals surface area contributed by atoms with Crippen LogP contribution in [0.4, 0.5) is 5.69 Å². The minimum atomic E-state index is -3.87. The number of carbonyl (C=O) groups is 1. The Hall–Kier alpha value is -2.39. The molecule has 1 atom stereocenters. The number of sulfonamides is 1. The van der Waals surface area contributed by atoms with Gasteiger partial charge in [-0.15, -0.1) is 0 Å². The highest BCUT2D eigenvalue weighted by Gasteiger charge is 2.24. The highest BCUT2D eigenvalue weighted by Crippen LogP contribution is 2.23. The molecule has 3 rings (SSSR count). The quantitative estimate of drug-likeness (QED) is 0.708. The summed E-state index contributed by atoms with van der Waals surface area (Å²) in [7, 11) is -3.87. The lowest BCUT2D eigenvalue weighted by molar-refractivity contribution is 0.0858. The van der Waals surface area contributed by atoms with Gasteiger partial charge in [-0.3, -0.25) is 14.6 Å². The summed E-state index contributed by atoms with van der Waals surface area (Å²) in [4.78, 5) is 12.6. The molecule has 1 fully saturated rings. The molecule has 0 saturated carbocycles. The second-order valence-electron chi connectivity index (χ2n) is 6.26. The van der Waals surface area contributed by atoms with Crippen molar-refractivity contribution in [3.05, 3.63) is 41.2 Å². The second-order valence-corrected chi connectivity index (χ2v) is 7.88. The molecule has 1 aromatic heterocycles. The molecular weight excluding hydrogens is 356 g/mol. The number of nitrogens with one attached hydrogen (secondary N) is 3. The number of H-pyrrole nitrogens is 1. The summed E-state index contributed by atoms with van der Waals surface area (Å²) in [5.74, 6) is -0.348. The lowest BCUT2D eigenvalue weighted by atomic mass is 10.1. The Bertz CT molecular complexity index is 882. The Morgan fingerprint density at radius 3 is 2.77 bits per heavy atom. The molecule has 26 heavy (non-hydrogen) atoms. The van der Waals surface area contributed by atoms with Gasteiger partial charge in [-0.2, -0.15) is 5.10 Å². The molecule has 8 nitrogen and oxygen atoms in total. The van der Waals surface area contributed by atoms with Crippen molar-refractivity contribution >= 4 is 21.6 Å². The average molecular weight is 378 g/mol. The van der Waals surface area contributed by atoms with Crippen LogP contribution in [0.25, 0.3) is 0 Å². The standard InChI is InChI=1S/C17H22N4O4S/c1-11-16(12(2)20-19-11)26(23,24)21-15-8-4-3-7-14(15)17(22)18-10-13-6-5-9-25-13/h3-4,7-8,13,21H,5-6,9-10H2,1-2H3,(H,18,22)(H,19,20)/t13-/m0/s1. The van der Waals surface area contributed by atoms with E-state index in [0.717, 1.165) is 12.8 Å². The van der Waals surface area contributed by atoms with Gasteiger partial charge in [0.2, 0.25) is 0 Å². The second kappa shape index (κ2) is 7.46. The van der Waals surface area contributed by atoms with Gasteiger partial charge in [-0.25, -0.2) is 8.42 Å². The normalized spacial score (nSPS) is 17.2. The summed E-state index contributed by atoms with van der Waals surface area (Å²) in [6.07, 6.45) is 1.91. The maximum Gasteiger partial charge on any atom is 0.265 e. The van der Waals surface area contributed by atoms with Crippen LogP contribution in [0.5, 0.6) is 0 Å². The zero-order valence-electron chi connectivity index (χ0n) is 14.7. The first-order valence-corrected chi connectivity index (χ1v) is 9.90. The lowest BCUT2D eigenvalue weighted by Gasteiger charge is -2.14. The number of carbonyl (C=O) groups excluding carboxylic acids is 1. The highest BCUT2D eigenvalue weighted by molar-refractivity contribution is 7.92. The molecule has 1 amide bonds. The smallest absolute Gasteiger partial charge is 0.265 e. The molecule has 0 unspecified atom stereocenters. The number of hydrogen-bond acceptors (Lipinski definition) is 5. The van der Waals surface area contributed by atoms with Gasteiger partial charge in [-0.1, -0.05) is 12.1 Å². The van der Waals surface area contributed by atoms with E-state index in [2.05, 4.69) is 20.2 Å². The highest BCUT2D eigenvalue weighted by atomic mass is 32.2. The van der Waals surface area contributed by atoms with E-state index in [4.69, 9.17) is 4.74 Å². The van der Waals surface area contributed by atoms with Crippen LogP contribution in [0, 0.1) is 13.8 Å². The SMILES string of the molecule is Cc1n[nH]c(C)c1S(=O)(=O)Nc1ccccc1C(=O)NC[C@@H]1CCCO1. The molecular formula is C17H22N4O4S. The van der Waals surface area contributed by atoms with E-state index < -0.39 is 10.0 Å². The van der Waals surface area contributed by atoms with Gasteiger partial charge >= 0.3 is 0 Å². The number of aromatic amines is 1. The van der Waals surface area contributed by atoms with Crippen molar-refractivity contribution in [3.8, 4) is 0 Å². The maximum absolute atomic E-state index is 12.7. The van der Waals surface area contributed by atoms with Crippen molar-refractivity contribution in [1.29, 1.82) is 0 Å². The van der Waals surface area contributed by atoms with Crippen LogP contribution < -0.4 is 10.0 Å². The third-order valence-electron chi connectivity index (χ3n) is 4.26. The van der Waals surface area contributed by atoms with Crippen molar-refractivity contribution in [2.75, 3.05) is 17.9 Å². The fourth-order valence-corrected chi connectivity index (χ4v) is 4.46. The van der Waals surface area contributed by atoms with Crippen molar-refractivity contribution in [2.45, 2.75) is 37.7 Å². The minimum absolute atomic E-state index is 0.0130. The Morgan fingerprint density at radius 2 is 2.12 bits per heavy atom. The number of benzene rings is 1. The number of anilines is 1. The van der Waals surface area contributed by atoms with Crippen LogP contribution in [0.3, 0.4) is 0 Å². The van der Waals surface area contributed by atoms with Gasteiger partial charge in [-0.05, 0) is 38.8 Å². The Morgan fingerprint density at radius 1 is 1.35 bits per heavy atom. The first-order chi connectivity index (χ1) is 12.4. The molecule has 2 heterocycles. The van der Waals surface area contributed by atoms with Gasteiger partial charge in [0, 0.05) is 13.2 Å². The van der Waals surface area contributed by atoms with E-state index in [-0.39, 0.29) is 28.2 Å². The fourth-order valence-electron chi connectivity index (χ4n) is 3.01. The van der Waals surface area contributed by atoms with Crippen LogP contribution in [-0.2, 0) is 14.8 Å². The predicted octanol–water partition coefficient (Wildman–Crippen LogP) is 1.74. The van der Waals surface area contributed by atoms with E-state index in [1.807, 2.05) is 0 Å². The Labute approximate surface area is 152 Å². The zero-order chi connectivity index (χ0) is 18.7. The first kappa shape index (κ1) is 18.4. The number of hydrogen-bond donors (Lipinski definition) is 3. The molecule has 1 aliphatic heterocycles. The number of aromatic nitrogens is 2. The maximum atomic E-state index is 12.7. The van der Waals surface area contributed by atoms with E-state index in [9.17, 15) is 13.2 Å². The average Bonchev–Trinajstić information content (AvgIpc) is 3.22. The molecule has 0 aliphatic carbocycles. The van der Waals surface area contributed by atoms with Crippen LogP contribution >= 0.6 is 0 Å². The first-order valence-electron chi connectivity index (χ1n) is 8.41. The molecule has 1 saturated heterocycles. The van der Waals surface area contributed by atoms with Gasteiger partial charge in [0.1, 0.15) is 4.90 Å². The van der Waals surface area contributed by atoms with E-state index in [1.165, 1.54) is 0 Å². The molecule has 2 aromatic rings. The minimum Gasteiger partial charge on any atom is -0.376 e. The predicted molar refractivity (Wildman–Crippen MR) is 96.6 cm³/mol. The van der Waals surface area contributed by atoms with Crippen LogP contribution in [0.1, 0.15) is 34.6 Å². The third kappa shape index (κ3) is 3.88. The number of aryl methyl sites for hydroxylation is 2. The summed E-state index contributed by atoms with van der Waals surface area (Å²) in [6.45, 7) is 4.35. The van der Waals surface area contributed by atoms with Gasteiger partial charge < -0.3 is 10.1 Å². The Kier molecular flexibility index (Phi) is 5.28. The Balaban J connectivity index is 1.79. The number of nitrogens with zero attached hydrogens (tertiary/aromatic N) is 1. The number of para-hydroxylation sites is 1. The molecule has 140 valence electrons. The monoisotopic (exact) mass is 378 g/mol. The van der Waals surface area contributed by atoms with E-state index in [0.29, 0.717) is 24.5 Å². The summed E-state index contributed by atoms with van der Waals surface area (Å²) in [6, 6.07) is 6.50. The molecule has 3 N–H and O–H groups in total. The fraction of sp³-hybridized carbons (Fsp3) is 0.412. The lowest BCUT2D eigenvalue weighted by Crippen LogP contribution is -2.32. The number of amides is 1.